The molecule has 0 aliphatic rings. The van der Waals surface area contributed by atoms with Crippen LogP contribution >= 0.6 is 0 Å². The van der Waals surface area contributed by atoms with E-state index in [0.717, 1.165) is 22.3 Å². The van der Waals surface area contributed by atoms with Gasteiger partial charge in [0.05, 0.1) is 11.4 Å². The minimum Gasteiger partial charge on any atom is -0.506 e. The van der Waals surface area contributed by atoms with Crippen molar-refractivity contribution in [2.24, 2.45) is 0 Å². The predicted molar refractivity (Wildman–Crippen MR) is 133 cm³/mol. The summed E-state index contributed by atoms with van der Waals surface area (Å²) in [6, 6.07) is 6.89. The number of aromatic hydroxyl groups is 2. The lowest BCUT2D eigenvalue weighted by atomic mass is 9.83. The van der Waals surface area contributed by atoms with Gasteiger partial charge in [-0.15, -0.1) is 0 Å². The van der Waals surface area contributed by atoms with E-state index in [4.69, 9.17) is 5.73 Å². The Kier molecular flexibility index (Phi) is 8.11. The molecule has 0 spiro atoms. The first-order valence-corrected chi connectivity index (χ1v) is 10.1. The van der Waals surface area contributed by atoms with Gasteiger partial charge in [-0.3, -0.25) is 4.79 Å². The fraction of sp³-hybridized carbons (Fsp3) is 0.346. The number of carbonyl (C=O) groups is 1. The van der Waals surface area contributed by atoms with E-state index in [1.54, 1.807) is 30.4 Å². The van der Waals surface area contributed by atoms with Crippen LogP contribution in [-0.2, 0) is 15.6 Å². The fourth-order valence-corrected chi connectivity index (χ4v) is 3.15. The molecule has 1 amide bonds. The van der Waals surface area contributed by atoms with Crippen LogP contribution in [0.15, 0.2) is 37.4 Å². The van der Waals surface area contributed by atoms with E-state index in [-0.39, 0.29) is 28.2 Å². The third-order valence-corrected chi connectivity index (χ3v) is 4.73. The molecule has 2 aromatic rings. The van der Waals surface area contributed by atoms with E-state index in [0.29, 0.717) is 11.4 Å². The molecule has 5 heteroatoms. The number of rotatable bonds is 3. The number of hydrogen-bond acceptors (Lipinski definition) is 4. The summed E-state index contributed by atoms with van der Waals surface area (Å²) >= 11 is 0. The molecule has 0 saturated carbocycles. The van der Waals surface area contributed by atoms with Gasteiger partial charge in [-0.2, -0.15) is 0 Å². The molecule has 168 valence electrons. The minimum absolute atomic E-state index is 0.00530. The molecule has 0 bridgehead atoms. The maximum Gasteiger partial charge on any atom is 0.221 e. The number of phenolic OH excluding ortho intramolecular Hbond substituents is 2. The van der Waals surface area contributed by atoms with Crippen molar-refractivity contribution < 1.29 is 15.0 Å². The molecule has 5 N–H and O–H groups in total. The van der Waals surface area contributed by atoms with Crippen LogP contribution in [0.1, 0.15) is 70.7 Å². The van der Waals surface area contributed by atoms with E-state index < -0.39 is 0 Å². The van der Waals surface area contributed by atoms with Gasteiger partial charge < -0.3 is 21.3 Å². The van der Waals surface area contributed by atoms with Gasteiger partial charge in [0.1, 0.15) is 11.5 Å². The number of benzene rings is 2. The van der Waals surface area contributed by atoms with Crippen LogP contribution in [0.3, 0.4) is 0 Å². The van der Waals surface area contributed by atoms with E-state index in [1.165, 1.54) is 6.92 Å². The predicted octanol–water partition coefficient (Wildman–Crippen LogP) is 6.21. The number of amides is 1. The van der Waals surface area contributed by atoms with Gasteiger partial charge in [0.25, 0.3) is 0 Å². The lowest BCUT2D eigenvalue weighted by Crippen LogP contribution is -2.14. The largest absolute Gasteiger partial charge is 0.506 e. The molecule has 31 heavy (non-hydrogen) atoms. The van der Waals surface area contributed by atoms with Crippen LogP contribution in [-0.4, -0.2) is 16.1 Å². The highest BCUT2D eigenvalue weighted by Crippen LogP contribution is 2.35. The number of nitrogens with two attached hydrogens (primary N) is 1. The van der Waals surface area contributed by atoms with Crippen molar-refractivity contribution in [2.45, 2.75) is 59.3 Å². The summed E-state index contributed by atoms with van der Waals surface area (Å²) in [7, 11) is 0. The topological polar surface area (TPSA) is 95.6 Å². The Balaban J connectivity index is 0.000000316. The van der Waals surface area contributed by atoms with Crippen LogP contribution in [0.4, 0.5) is 11.4 Å². The zero-order chi connectivity index (χ0) is 24.1. The summed E-state index contributed by atoms with van der Waals surface area (Å²) in [6.07, 6.45) is 3.44. The van der Waals surface area contributed by atoms with Gasteiger partial charge in [-0.1, -0.05) is 66.9 Å². The minimum atomic E-state index is -0.202. The lowest BCUT2D eigenvalue weighted by molar-refractivity contribution is -0.114. The lowest BCUT2D eigenvalue weighted by Gasteiger charge is -2.23. The zero-order valence-corrected chi connectivity index (χ0v) is 19.8. The summed E-state index contributed by atoms with van der Waals surface area (Å²) in [4.78, 5) is 11.0. The molecule has 0 saturated heterocycles. The van der Waals surface area contributed by atoms with Crippen molar-refractivity contribution in [1.82, 2.24) is 0 Å². The van der Waals surface area contributed by atoms with E-state index in [2.05, 4.69) is 60.0 Å². The first-order chi connectivity index (χ1) is 14.1. The molecule has 0 aliphatic heterocycles. The molecule has 0 aromatic heterocycles. The van der Waals surface area contributed by atoms with Crippen molar-refractivity contribution in [3.05, 3.63) is 59.7 Å². The Morgan fingerprint density at radius 1 is 0.871 bits per heavy atom. The molecule has 2 aromatic carbocycles. The number of anilines is 2. The maximum atomic E-state index is 11.0. The summed E-state index contributed by atoms with van der Waals surface area (Å²) in [5.41, 5.74) is 10.4. The standard InChI is InChI=1S/C14H19NO2.C12H17NO/c1-6-10-7-13(17)12(15-9(2)16)8-11(10)14(3,4)5;1-5-8-6-11(14)10(13)7-9(8)12(2,3)4/h6-8,17H,1H2,2-5H3,(H,15,16);5-7,14H,1,13H2,2-4H3. The quantitative estimate of drug-likeness (QED) is 0.348. The summed E-state index contributed by atoms with van der Waals surface area (Å²) in [5.74, 6) is -0.0255. The number of phenols is 2. The smallest absolute Gasteiger partial charge is 0.221 e. The molecule has 0 fully saturated rings. The normalized spacial score (nSPS) is 11.2. The molecule has 0 heterocycles. The second-order valence-electron chi connectivity index (χ2n) is 9.54. The van der Waals surface area contributed by atoms with Crippen LogP contribution in [0.5, 0.6) is 11.5 Å². The Morgan fingerprint density at radius 3 is 1.68 bits per heavy atom. The van der Waals surface area contributed by atoms with Gasteiger partial charge in [0, 0.05) is 6.92 Å². The van der Waals surface area contributed by atoms with Crippen LogP contribution in [0.2, 0.25) is 0 Å². The molecule has 0 aliphatic carbocycles. The second-order valence-corrected chi connectivity index (χ2v) is 9.54. The first kappa shape index (κ1) is 25.8. The second kappa shape index (κ2) is 9.73. The Labute approximate surface area is 186 Å². The Bertz CT molecular complexity index is 978. The van der Waals surface area contributed by atoms with Crippen molar-refractivity contribution in [3.8, 4) is 11.5 Å². The average Bonchev–Trinajstić information content (AvgIpc) is 2.63. The van der Waals surface area contributed by atoms with Crippen molar-refractivity contribution in [3.63, 3.8) is 0 Å². The highest BCUT2D eigenvalue weighted by Gasteiger charge is 2.20. The highest BCUT2D eigenvalue weighted by atomic mass is 16.3. The molecule has 2 rings (SSSR count). The number of nitrogens with one attached hydrogen (secondary N) is 1. The van der Waals surface area contributed by atoms with Crippen molar-refractivity contribution >= 4 is 29.4 Å². The average molecular weight is 425 g/mol. The molecular formula is C26H36N2O3. The van der Waals surface area contributed by atoms with Gasteiger partial charge in [-0.05, 0) is 57.3 Å². The van der Waals surface area contributed by atoms with Crippen molar-refractivity contribution in [1.29, 1.82) is 0 Å². The SMILES string of the molecule is C=Cc1cc(O)c(N)cc1C(C)(C)C.C=Cc1cc(O)c(NC(C)=O)cc1C(C)(C)C. The van der Waals surface area contributed by atoms with Gasteiger partial charge in [0.2, 0.25) is 5.91 Å². The van der Waals surface area contributed by atoms with E-state index in [1.807, 2.05) is 6.07 Å². The molecule has 0 atom stereocenters. The fourth-order valence-electron chi connectivity index (χ4n) is 3.15. The molecule has 0 radical (unpaired) electrons. The van der Waals surface area contributed by atoms with Gasteiger partial charge >= 0.3 is 0 Å². The summed E-state index contributed by atoms with van der Waals surface area (Å²) in [5, 5.41) is 21.9. The highest BCUT2D eigenvalue weighted by molar-refractivity contribution is 5.91. The van der Waals surface area contributed by atoms with Gasteiger partial charge in [-0.25, -0.2) is 0 Å². The van der Waals surface area contributed by atoms with E-state index >= 15 is 0 Å². The summed E-state index contributed by atoms with van der Waals surface area (Å²) < 4.78 is 0. The molecule has 5 nitrogen and oxygen atoms in total. The molecular weight excluding hydrogens is 388 g/mol. The molecule has 0 unspecified atom stereocenters. The zero-order valence-electron chi connectivity index (χ0n) is 19.8. The number of hydrogen-bond donors (Lipinski definition) is 4. The maximum absolute atomic E-state index is 11.0. The third kappa shape index (κ3) is 6.92. The van der Waals surface area contributed by atoms with Crippen molar-refractivity contribution in [2.75, 3.05) is 11.1 Å². The number of nitrogen functional groups attached to an aromatic ring is 1. The monoisotopic (exact) mass is 424 g/mol. The Hall–Kier alpha value is -3.21. The van der Waals surface area contributed by atoms with Crippen LogP contribution < -0.4 is 11.1 Å². The Morgan fingerprint density at radius 2 is 1.29 bits per heavy atom. The summed E-state index contributed by atoms with van der Waals surface area (Å²) in [6.45, 7) is 21.4. The van der Waals surface area contributed by atoms with Crippen LogP contribution in [0.25, 0.3) is 12.2 Å². The third-order valence-electron chi connectivity index (χ3n) is 4.73. The van der Waals surface area contributed by atoms with E-state index in [9.17, 15) is 15.0 Å². The first-order valence-electron chi connectivity index (χ1n) is 10.1. The van der Waals surface area contributed by atoms with Crippen LogP contribution in [0, 0.1) is 0 Å². The van der Waals surface area contributed by atoms with Gasteiger partial charge in [0.15, 0.2) is 0 Å². The number of carbonyl (C=O) groups excluding carboxylic acids is 1.